The van der Waals surface area contributed by atoms with Crippen LogP contribution in [-0.4, -0.2) is 5.97 Å². The minimum absolute atomic E-state index is 0.329. The van der Waals surface area contributed by atoms with Crippen molar-refractivity contribution in [2.75, 3.05) is 0 Å². The summed E-state index contributed by atoms with van der Waals surface area (Å²) in [6.07, 6.45) is 5.56. The maximum atomic E-state index is 9.75. The first-order valence-electron chi connectivity index (χ1n) is 5.45. The average molecular weight is 260 g/mol. The van der Waals surface area contributed by atoms with E-state index < -0.39 is 0 Å². The zero-order chi connectivity index (χ0) is 14.9. The van der Waals surface area contributed by atoms with Crippen LogP contribution in [0.5, 0.6) is 0 Å². The molecule has 0 radical (unpaired) electrons. The molecule has 0 heterocycles. The Hall–Kier alpha value is -2.55. The van der Waals surface area contributed by atoms with Gasteiger partial charge in [-0.1, -0.05) is 62.7 Å². The van der Waals surface area contributed by atoms with Crippen molar-refractivity contribution in [2.24, 2.45) is 0 Å². The number of benzene rings is 1. The predicted octanol–water partition coefficient (Wildman–Crippen LogP) is 4.31. The molecule has 0 amide bonds. The summed E-state index contributed by atoms with van der Waals surface area (Å²) in [6.45, 7) is 14.6. The molecule has 0 bridgehead atoms. The van der Waals surface area contributed by atoms with Gasteiger partial charge < -0.3 is 9.47 Å². The molecule has 0 aliphatic heterocycles. The molecule has 0 aliphatic carbocycles. The predicted molar refractivity (Wildman–Crippen MR) is 80.0 cm³/mol. The molecular formula is C16H20O3. The summed E-state index contributed by atoms with van der Waals surface area (Å²) in [6, 6.07) is 10.0. The van der Waals surface area contributed by atoms with Gasteiger partial charge >= 0.3 is 5.97 Å². The van der Waals surface area contributed by atoms with E-state index in [9.17, 15) is 4.79 Å². The van der Waals surface area contributed by atoms with Gasteiger partial charge in [-0.25, -0.2) is 0 Å². The number of ether oxygens (including phenoxy) is 2. The first kappa shape index (κ1) is 18.8. The van der Waals surface area contributed by atoms with Crippen LogP contribution in [-0.2, 0) is 14.3 Å². The lowest BCUT2D eigenvalue weighted by Gasteiger charge is -1.85. The third kappa shape index (κ3) is 18.0. The molecule has 0 unspecified atom stereocenters. The summed E-state index contributed by atoms with van der Waals surface area (Å²) in [5.41, 5.74) is 1.17. The Morgan fingerprint density at radius 3 is 1.68 bits per heavy atom. The van der Waals surface area contributed by atoms with Gasteiger partial charge in [0, 0.05) is 6.92 Å². The molecule has 1 rings (SSSR count). The molecule has 3 nitrogen and oxygen atoms in total. The fraction of sp³-hybridized carbons (Fsp3) is 0.0625. The summed E-state index contributed by atoms with van der Waals surface area (Å²) in [5.74, 6) is -0.329. The minimum atomic E-state index is -0.329. The molecule has 1 aromatic carbocycles. The monoisotopic (exact) mass is 260 g/mol. The quantitative estimate of drug-likeness (QED) is 0.597. The van der Waals surface area contributed by atoms with Crippen molar-refractivity contribution in [3.63, 3.8) is 0 Å². The number of esters is 1. The van der Waals surface area contributed by atoms with E-state index in [0.29, 0.717) is 0 Å². The summed E-state index contributed by atoms with van der Waals surface area (Å²) in [5, 5.41) is 0. The fourth-order valence-electron chi connectivity index (χ4n) is 0.775. The van der Waals surface area contributed by atoms with Gasteiger partial charge in [0.05, 0.1) is 18.8 Å². The third-order valence-electron chi connectivity index (χ3n) is 1.48. The van der Waals surface area contributed by atoms with Gasteiger partial charge in [0.2, 0.25) is 0 Å². The highest BCUT2D eigenvalue weighted by atomic mass is 16.5. The first-order chi connectivity index (χ1) is 9.12. The molecule has 0 saturated heterocycles. The van der Waals surface area contributed by atoms with Gasteiger partial charge in [0.15, 0.2) is 0 Å². The molecule has 0 spiro atoms. The minimum Gasteiger partial charge on any atom is -0.474 e. The second-order valence-electron chi connectivity index (χ2n) is 2.86. The van der Waals surface area contributed by atoms with Crippen molar-refractivity contribution in [1.29, 1.82) is 0 Å². The highest BCUT2D eigenvalue weighted by Gasteiger charge is 1.79. The molecule has 0 fully saturated rings. The second kappa shape index (κ2) is 15.5. The number of hydrogen-bond donors (Lipinski definition) is 0. The Morgan fingerprint density at radius 1 is 1.00 bits per heavy atom. The van der Waals surface area contributed by atoms with Crippen LogP contribution in [0, 0.1) is 0 Å². The maximum Gasteiger partial charge on any atom is 0.307 e. The van der Waals surface area contributed by atoms with Crippen LogP contribution in [0.4, 0.5) is 0 Å². The van der Waals surface area contributed by atoms with E-state index in [4.69, 9.17) is 0 Å². The fourth-order valence-corrected chi connectivity index (χ4v) is 0.775. The van der Waals surface area contributed by atoms with E-state index in [1.54, 1.807) is 0 Å². The molecule has 0 aromatic heterocycles. The largest absolute Gasteiger partial charge is 0.474 e. The van der Waals surface area contributed by atoms with E-state index in [0.717, 1.165) is 6.26 Å². The Kier molecular flexibility index (Phi) is 15.3. The highest BCUT2D eigenvalue weighted by molar-refractivity contribution is 5.66. The van der Waals surface area contributed by atoms with E-state index in [-0.39, 0.29) is 5.97 Å². The van der Waals surface area contributed by atoms with Crippen molar-refractivity contribution >= 4 is 12.0 Å². The molecule has 0 aliphatic rings. The van der Waals surface area contributed by atoms with Gasteiger partial charge in [-0.05, 0) is 5.56 Å². The zero-order valence-corrected chi connectivity index (χ0v) is 11.2. The summed E-state index contributed by atoms with van der Waals surface area (Å²) < 4.78 is 8.53. The Morgan fingerprint density at radius 2 is 1.53 bits per heavy atom. The summed E-state index contributed by atoms with van der Waals surface area (Å²) >= 11 is 0. The Labute approximate surface area is 115 Å². The van der Waals surface area contributed by atoms with Crippen LogP contribution >= 0.6 is 0 Å². The lowest BCUT2D eigenvalue weighted by atomic mass is 10.2. The van der Waals surface area contributed by atoms with Gasteiger partial charge in [-0.15, -0.1) is 0 Å². The molecule has 0 saturated carbocycles. The maximum absolute atomic E-state index is 9.75. The first-order valence-corrected chi connectivity index (χ1v) is 5.45. The highest BCUT2D eigenvalue weighted by Crippen LogP contribution is 1.97. The number of carbonyl (C=O) groups excluding carboxylic acids is 1. The average Bonchev–Trinajstić information content (AvgIpc) is 2.42. The number of carbonyl (C=O) groups is 1. The van der Waals surface area contributed by atoms with Gasteiger partial charge in [-0.2, -0.15) is 0 Å². The van der Waals surface area contributed by atoms with Crippen LogP contribution < -0.4 is 0 Å². The molecule has 0 N–H and O–H groups in total. The van der Waals surface area contributed by atoms with E-state index in [1.807, 2.05) is 36.4 Å². The van der Waals surface area contributed by atoms with Crippen molar-refractivity contribution in [2.45, 2.75) is 6.92 Å². The SMILES string of the molecule is C=COC(C)=O.C=COC=C.C=Cc1ccccc1. The van der Waals surface area contributed by atoms with Crippen LogP contribution in [0.1, 0.15) is 12.5 Å². The molecule has 3 heteroatoms. The van der Waals surface area contributed by atoms with Crippen molar-refractivity contribution < 1.29 is 14.3 Å². The van der Waals surface area contributed by atoms with Crippen LogP contribution in [0.25, 0.3) is 6.08 Å². The number of rotatable bonds is 4. The van der Waals surface area contributed by atoms with E-state index in [2.05, 4.69) is 35.8 Å². The summed E-state index contributed by atoms with van der Waals surface area (Å²) in [4.78, 5) is 9.75. The molecule has 19 heavy (non-hydrogen) atoms. The zero-order valence-electron chi connectivity index (χ0n) is 11.2. The Bertz CT molecular complexity index is 374. The lowest BCUT2D eigenvalue weighted by molar-refractivity contribution is -0.135. The Balaban J connectivity index is 0. The topological polar surface area (TPSA) is 35.5 Å². The van der Waals surface area contributed by atoms with Crippen molar-refractivity contribution in [3.8, 4) is 0 Å². The molecule has 0 atom stereocenters. The van der Waals surface area contributed by atoms with Crippen molar-refractivity contribution in [1.82, 2.24) is 0 Å². The van der Waals surface area contributed by atoms with Crippen molar-refractivity contribution in [3.05, 3.63) is 81.0 Å². The third-order valence-corrected chi connectivity index (χ3v) is 1.48. The van der Waals surface area contributed by atoms with Gasteiger partial charge in [0.1, 0.15) is 0 Å². The van der Waals surface area contributed by atoms with Gasteiger partial charge in [0.25, 0.3) is 0 Å². The second-order valence-corrected chi connectivity index (χ2v) is 2.86. The molecular weight excluding hydrogens is 240 g/mol. The molecule has 102 valence electrons. The number of hydrogen-bond acceptors (Lipinski definition) is 3. The van der Waals surface area contributed by atoms with E-state index >= 15 is 0 Å². The normalized spacial score (nSPS) is 7.21. The van der Waals surface area contributed by atoms with Crippen LogP contribution in [0.15, 0.2) is 75.4 Å². The standard InChI is InChI=1S/C8H8.C4H6O2.C4H6O/c1-2-8-6-4-3-5-7-8;1-3-6-4(2)5;1-3-5-4-2/h2-7H,1H2;3H,1H2,2H3;3-4H,1-2H2. The smallest absolute Gasteiger partial charge is 0.307 e. The van der Waals surface area contributed by atoms with Crippen LogP contribution in [0.3, 0.4) is 0 Å². The summed E-state index contributed by atoms with van der Waals surface area (Å²) in [7, 11) is 0. The molecule has 1 aromatic rings. The van der Waals surface area contributed by atoms with Gasteiger partial charge in [-0.3, -0.25) is 4.79 Å². The van der Waals surface area contributed by atoms with E-state index in [1.165, 1.54) is 25.0 Å². The lowest BCUT2D eigenvalue weighted by Crippen LogP contribution is -1.87. The van der Waals surface area contributed by atoms with Crippen LogP contribution in [0.2, 0.25) is 0 Å².